The van der Waals surface area contributed by atoms with Gasteiger partial charge in [-0.2, -0.15) is 0 Å². The Balaban J connectivity index is 0.00000241. The first-order valence-electron chi connectivity index (χ1n) is 18.3. The molecule has 28 heteroatoms. The van der Waals surface area contributed by atoms with Crippen molar-refractivity contribution in [3.05, 3.63) is 163 Å². The van der Waals surface area contributed by atoms with E-state index in [2.05, 4.69) is 19.9 Å². The second-order valence-corrected chi connectivity index (χ2v) is 14.3. The molecular weight excluding hydrogens is 1130 g/mol. The number of hydrogen-bond donors (Lipinski definition) is 2. The van der Waals surface area contributed by atoms with Crippen LogP contribution < -0.4 is 37.2 Å². The molecule has 8 bridgehead atoms. The van der Waals surface area contributed by atoms with Gasteiger partial charge in [0.25, 0.3) is 0 Å². The number of fused-ring (bicyclic) bond motifs is 8. The normalized spacial score (nSPS) is 11.6. The summed E-state index contributed by atoms with van der Waals surface area (Å²) in [6.45, 7) is 0. The largest absolute Gasteiger partial charge is 3.00 e. The van der Waals surface area contributed by atoms with E-state index in [4.69, 9.17) is 0 Å². The van der Waals surface area contributed by atoms with Crippen molar-refractivity contribution in [1.82, 2.24) is 19.9 Å². The number of hydrogen-bond acceptors (Lipinski definition) is 2. The summed E-state index contributed by atoms with van der Waals surface area (Å²) in [7, 11) is 0. The van der Waals surface area contributed by atoms with Crippen LogP contribution in [0.3, 0.4) is 0 Å². The summed E-state index contributed by atoms with van der Waals surface area (Å²) in [5.41, 5.74) is -20.5. The smallest absolute Gasteiger partial charge is 1.00 e. The summed E-state index contributed by atoms with van der Waals surface area (Å²) in [6.07, 6.45) is 2.40. The summed E-state index contributed by atoms with van der Waals surface area (Å²) >= 11 is 0. The molecule has 2 aliphatic heterocycles. The molecule has 0 radical (unpaired) electrons. The molecule has 7 aromatic rings. The molecule has 2 aliphatic rings. The van der Waals surface area contributed by atoms with Gasteiger partial charge < -0.3 is 47.2 Å². The van der Waals surface area contributed by atoms with Crippen LogP contribution >= 0.6 is 0 Å². The molecule has 2 N–H and O–H groups in total. The van der Waals surface area contributed by atoms with Crippen LogP contribution in [0.1, 0.15) is 22.8 Å². The topological polar surface area (TPSA) is 57.4 Å². The van der Waals surface area contributed by atoms with Gasteiger partial charge in [-0.25, -0.2) is 97.8 Å². The second-order valence-electron chi connectivity index (χ2n) is 14.3. The van der Waals surface area contributed by atoms with E-state index in [1.165, 1.54) is 0 Å². The molecule has 0 saturated heterocycles. The fraction of sp³-hybridized carbons (Fsp3) is 0. The molecule has 5 heterocycles. The molecule has 3 aromatic heterocycles. The Labute approximate surface area is 414 Å². The molecule has 4 nitrogen and oxygen atoms in total. The Hall–Kier alpha value is -6.53. The first kappa shape index (κ1) is 56.4. The number of halogens is 23. The van der Waals surface area contributed by atoms with E-state index < -0.39 is 206 Å². The SMILES string of the molecule is Fc1c(F)c(F)c(-c2c3nc(c(-c4c(F)c(F)c(F)c(F)c4F)c4ccc([nH]4)c(-c4c(F)c(F)c(F)c(F)c4F)c4nc(c(-c5c(F)c(F)c(F)c(F)c5F)c5ccc2[nH]5)C=C4)C=C3)c(F)c1F.[Cl-].[Cl-].[Cl-].[Mn+3]. The maximum atomic E-state index is 15.8. The minimum atomic E-state index is -2.72. The Bertz CT molecular complexity index is 3140. The number of benzene rings is 4. The minimum absolute atomic E-state index is 0. The van der Waals surface area contributed by atoms with Crippen molar-refractivity contribution < 1.29 is 142 Å². The standard InChI is InChI=1S/C44H10F20N4.3ClH.Mn/c45-25-21(26(46)34(54)41(61)33(25)53)17-9-1-2-10(65-9)18(22-27(47)35(55)42(62)36(56)28(22)48)12-5-6-14(67-12)20(24-31(51)39(59)44(64)40(60)32(24)52)16-8-7-15(68-16)19(13-4-3-11(17)66-13)23-29(49)37(57)43(63)38(58)30(23)50;;;;/h1-8,65,68H;3*1H;/q;;;;+3/p-3. The van der Waals surface area contributed by atoms with Crippen LogP contribution in [0.5, 0.6) is 0 Å². The van der Waals surface area contributed by atoms with Gasteiger partial charge in [0.1, 0.15) is 0 Å². The molecule has 0 atom stereocenters. The molecule has 9 rings (SSSR count). The maximum Gasteiger partial charge on any atom is 3.00 e. The van der Waals surface area contributed by atoms with Crippen LogP contribution in [0.15, 0.2) is 24.3 Å². The van der Waals surface area contributed by atoms with Gasteiger partial charge in [0, 0.05) is 44.3 Å². The van der Waals surface area contributed by atoms with Crippen LogP contribution in [0.2, 0.25) is 0 Å². The maximum absolute atomic E-state index is 15.8. The van der Waals surface area contributed by atoms with Crippen molar-refractivity contribution in [3.8, 4) is 44.5 Å². The molecule has 0 saturated carbocycles. The zero-order valence-electron chi connectivity index (χ0n) is 33.6. The summed E-state index contributed by atoms with van der Waals surface area (Å²) in [5, 5.41) is 0. The molecule has 0 amide bonds. The zero-order chi connectivity index (χ0) is 49.3. The van der Waals surface area contributed by atoms with Crippen molar-refractivity contribution in [2.24, 2.45) is 0 Å². The monoisotopic (exact) mass is 1130 g/mol. The van der Waals surface area contributed by atoms with Gasteiger partial charge in [0.2, 0.25) is 23.3 Å². The van der Waals surface area contributed by atoms with Crippen molar-refractivity contribution in [1.29, 1.82) is 0 Å². The van der Waals surface area contributed by atoms with Crippen LogP contribution in [-0.2, 0) is 17.1 Å². The van der Waals surface area contributed by atoms with Crippen LogP contribution in [-0.4, -0.2) is 19.9 Å². The van der Waals surface area contributed by atoms with Gasteiger partial charge in [-0.1, -0.05) is 0 Å². The van der Waals surface area contributed by atoms with Crippen LogP contribution in [0.4, 0.5) is 87.8 Å². The van der Waals surface area contributed by atoms with Crippen molar-refractivity contribution >= 4 is 46.4 Å². The van der Waals surface area contributed by atoms with Crippen molar-refractivity contribution in [3.63, 3.8) is 0 Å². The van der Waals surface area contributed by atoms with Gasteiger partial charge in [-0.05, 0) is 48.6 Å². The van der Waals surface area contributed by atoms with E-state index in [1.807, 2.05) is 0 Å². The van der Waals surface area contributed by atoms with Gasteiger partial charge in [0.05, 0.1) is 45.0 Å². The molecule has 0 aliphatic carbocycles. The molecule has 0 spiro atoms. The molecule has 0 fully saturated rings. The third-order valence-corrected chi connectivity index (χ3v) is 10.6. The molecular formula is C44H10Cl3F20MnN4. The van der Waals surface area contributed by atoms with E-state index in [9.17, 15) is 52.7 Å². The predicted molar refractivity (Wildman–Crippen MR) is 200 cm³/mol. The number of rotatable bonds is 4. The number of H-pyrrole nitrogens is 2. The van der Waals surface area contributed by atoms with E-state index in [1.54, 1.807) is 0 Å². The minimum Gasteiger partial charge on any atom is -1.00 e. The zero-order valence-corrected chi connectivity index (χ0v) is 37.0. The first-order chi connectivity index (χ1) is 32.1. The average Bonchev–Trinajstić information content (AvgIpc) is 4.18. The second kappa shape index (κ2) is 20.2. The number of nitrogens with zero attached hydrogens (tertiary/aromatic N) is 2. The van der Waals surface area contributed by atoms with Crippen molar-refractivity contribution in [2.75, 3.05) is 0 Å². The number of nitrogens with one attached hydrogen (secondary N) is 2. The van der Waals surface area contributed by atoms with E-state index >= 15 is 35.1 Å². The van der Waals surface area contributed by atoms with Gasteiger partial charge >= 0.3 is 17.1 Å². The predicted octanol–water partition coefficient (Wildman–Crippen LogP) is 5.12. The van der Waals surface area contributed by atoms with E-state index in [0.717, 1.165) is 0 Å². The Morgan fingerprint density at radius 1 is 0.222 bits per heavy atom. The van der Waals surface area contributed by atoms with Gasteiger partial charge in [-0.3, -0.25) is 0 Å². The van der Waals surface area contributed by atoms with Crippen LogP contribution in [0.25, 0.3) is 90.9 Å². The first-order valence-corrected chi connectivity index (χ1v) is 18.3. The third-order valence-electron chi connectivity index (χ3n) is 10.6. The number of aromatic nitrogens is 4. The fourth-order valence-corrected chi connectivity index (χ4v) is 7.56. The van der Waals surface area contributed by atoms with Gasteiger partial charge in [-0.15, -0.1) is 0 Å². The van der Waals surface area contributed by atoms with Crippen LogP contribution in [0, 0.1) is 116 Å². The molecule has 4 aromatic carbocycles. The molecule has 374 valence electrons. The molecule has 0 unspecified atom stereocenters. The summed E-state index contributed by atoms with van der Waals surface area (Å²) < 4.78 is 303. The third kappa shape index (κ3) is 8.23. The average molecular weight is 1140 g/mol. The summed E-state index contributed by atoms with van der Waals surface area (Å²) in [4.78, 5) is 12.3. The number of aromatic amines is 2. The van der Waals surface area contributed by atoms with E-state index in [0.29, 0.717) is 48.6 Å². The Morgan fingerprint density at radius 3 is 0.514 bits per heavy atom. The van der Waals surface area contributed by atoms with Crippen molar-refractivity contribution in [2.45, 2.75) is 0 Å². The quantitative estimate of drug-likeness (QED) is 0.112. The summed E-state index contributed by atoms with van der Waals surface area (Å²) in [6, 6.07) is 2.51. The Morgan fingerprint density at radius 2 is 0.361 bits per heavy atom. The van der Waals surface area contributed by atoms with Gasteiger partial charge in [0.15, 0.2) is 93.1 Å². The Kier molecular flexibility index (Phi) is 15.8. The summed E-state index contributed by atoms with van der Waals surface area (Å²) in [5.74, 6) is -52.6. The molecule has 72 heavy (non-hydrogen) atoms. The van der Waals surface area contributed by atoms with E-state index in [-0.39, 0.29) is 54.3 Å². The fourth-order valence-electron chi connectivity index (χ4n) is 7.56.